The molecule has 0 atom stereocenters. The van der Waals surface area contributed by atoms with Crippen LogP contribution in [0.5, 0.6) is 0 Å². The third-order valence-corrected chi connectivity index (χ3v) is 4.78. The first-order valence-corrected chi connectivity index (χ1v) is 8.32. The number of nitrogens with one attached hydrogen (secondary N) is 1. The highest BCUT2D eigenvalue weighted by molar-refractivity contribution is 7.15. The molecule has 0 saturated heterocycles. The van der Waals surface area contributed by atoms with Crippen molar-refractivity contribution in [2.24, 2.45) is 0 Å². The van der Waals surface area contributed by atoms with Gasteiger partial charge in [-0.2, -0.15) is 0 Å². The molecule has 1 aromatic carbocycles. The van der Waals surface area contributed by atoms with Crippen LogP contribution >= 0.6 is 11.3 Å². The van der Waals surface area contributed by atoms with E-state index in [1.807, 2.05) is 19.1 Å². The molecule has 0 bridgehead atoms. The van der Waals surface area contributed by atoms with Gasteiger partial charge in [0.25, 0.3) is 0 Å². The molecule has 1 amide bonds. The van der Waals surface area contributed by atoms with Crippen molar-refractivity contribution in [3.8, 4) is 10.6 Å². The number of amides is 1. The van der Waals surface area contributed by atoms with Gasteiger partial charge in [0.15, 0.2) is 0 Å². The van der Waals surface area contributed by atoms with E-state index in [1.54, 1.807) is 30.6 Å². The number of hydrogen-bond acceptors (Lipinski definition) is 4. The second-order valence-corrected chi connectivity index (χ2v) is 6.39. The van der Waals surface area contributed by atoms with Crippen LogP contribution in [-0.2, 0) is 17.8 Å². The number of pyridine rings is 1. The van der Waals surface area contributed by atoms with E-state index < -0.39 is 0 Å². The maximum atomic E-state index is 13.6. The zero-order valence-electron chi connectivity index (χ0n) is 13.1. The molecular weight excluding hydrogens is 325 g/mol. The second kappa shape index (κ2) is 7.31. The number of thiazole rings is 1. The lowest BCUT2D eigenvalue weighted by Gasteiger charge is -2.05. The van der Waals surface area contributed by atoms with E-state index in [0.717, 1.165) is 21.1 Å². The van der Waals surface area contributed by atoms with Gasteiger partial charge >= 0.3 is 0 Å². The molecule has 0 radical (unpaired) electrons. The fraction of sp³-hybridized carbons (Fsp3) is 0.167. The van der Waals surface area contributed by atoms with Crippen molar-refractivity contribution in [1.82, 2.24) is 15.3 Å². The molecule has 0 spiro atoms. The van der Waals surface area contributed by atoms with Gasteiger partial charge in [-0.15, -0.1) is 11.3 Å². The number of halogens is 1. The minimum Gasteiger partial charge on any atom is -0.352 e. The van der Waals surface area contributed by atoms with Crippen molar-refractivity contribution in [3.63, 3.8) is 0 Å². The first kappa shape index (κ1) is 16.3. The Morgan fingerprint density at radius 2 is 1.96 bits per heavy atom. The lowest BCUT2D eigenvalue weighted by Crippen LogP contribution is -2.24. The van der Waals surface area contributed by atoms with E-state index in [0.29, 0.717) is 5.56 Å². The average molecular weight is 341 g/mol. The van der Waals surface area contributed by atoms with Crippen molar-refractivity contribution < 1.29 is 9.18 Å². The predicted molar refractivity (Wildman–Crippen MR) is 92.0 cm³/mol. The maximum Gasteiger partial charge on any atom is 0.225 e. The quantitative estimate of drug-likeness (QED) is 0.773. The molecule has 0 unspecified atom stereocenters. The van der Waals surface area contributed by atoms with Crippen LogP contribution in [-0.4, -0.2) is 15.9 Å². The summed E-state index contributed by atoms with van der Waals surface area (Å²) in [6.07, 6.45) is 3.67. The van der Waals surface area contributed by atoms with Gasteiger partial charge in [0.1, 0.15) is 10.8 Å². The van der Waals surface area contributed by atoms with Gasteiger partial charge in [-0.25, -0.2) is 9.37 Å². The molecular formula is C18H16FN3OS. The summed E-state index contributed by atoms with van der Waals surface area (Å²) in [6.45, 7) is 2.07. The van der Waals surface area contributed by atoms with E-state index in [4.69, 9.17) is 0 Å². The Balaban J connectivity index is 1.65. The summed E-state index contributed by atoms with van der Waals surface area (Å²) in [7, 11) is 0. The largest absolute Gasteiger partial charge is 0.352 e. The molecule has 2 aromatic heterocycles. The van der Waals surface area contributed by atoms with Crippen LogP contribution in [0.1, 0.15) is 16.1 Å². The van der Waals surface area contributed by atoms with Crippen LogP contribution in [0.25, 0.3) is 10.6 Å². The van der Waals surface area contributed by atoms with Gasteiger partial charge in [0.2, 0.25) is 5.91 Å². The monoisotopic (exact) mass is 341 g/mol. The highest BCUT2D eigenvalue weighted by Gasteiger charge is 2.13. The summed E-state index contributed by atoms with van der Waals surface area (Å²) >= 11 is 1.49. The number of aryl methyl sites for hydroxylation is 1. The summed E-state index contributed by atoms with van der Waals surface area (Å²) in [5, 5.41) is 3.62. The first-order valence-electron chi connectivity index (χ1n) is 7.50. The summed E-state index contributed by atoms with van der Waals surface area (Å²) in [4.78, 5) is 21.5. The topological polar surface area (TPSA) is 54.9 Å². The van der Waals surface area contributed by atoms with Crippen molar-refractivity contribution in [2.75, 3.05) is 0 Å². The molecule has 3 rings (SSSR count). The highest BCUT2D eigenvalue weighted by atomic mass is 32.1. The first-order chi connectivity index (χ1) is 11.6. The lowest BCUT2D eigenvalue weighted by atomic mass is 10.2. The van der Waals surface area contributed by atoms with Crippen molar-refractivity contribution >= 4 is 17.2 Å². The average Bonchev–Trinajstić information content (AvgIpc) is 2.96. The standard InChI is InChI=1S/C18H16FN3OS/c1-12-16(24-18(22-12)13-6-8-20-9-7-13)10-17(23)21-11-14-4-2-3-5-15(14)19/h2-9H,10-11H2,1H3,(H,21,23). The minimum absolute atomic E-state index is 0.147. The zero-order valence-corrected chi connectivity index (χ0v) is 13.9. The highest BCUT2D eigenvalue weighted by Crippen LogP contribution is 2.27. The SMILES string of the molecule is Cc1nc(-c2ccncc2)sc1CC(=O)NCc1ccccc1F. The molecule has 0 aliphatic heterocycles. The second-order valence-electron chi connectivity index (χ2n) is 5.31. The van der Waals surface area contributed by atoms with Crippen molar-refractivity contribution in [2.45, 2.75) is 19.9 Å². The summed E-state index contributed by atoms with van der Waals surface area (Å²) < 4.78 is 13.6. The summed E-state index contributed by atoms with van der Waals surface area (Å²) in [6, 6.07) is 10.2. The molecule has 4 nitrogen and oxygen atoms in total. The number of nitrogens with zero attached hydrogens (tertiary/aromatic N) is 2. The van der Waals surface area contributed by atoms with Crippen molar-refractivity contribution in [3.05, 3.63) is 70.7 Å². The van der Waals surface area contributed by atoms with E-state index >= 15 is 0 Å². The number of carbonyl (C=O) groups is 1. The molecule has 122 valence electrons. The summed E-state index contributed by atoms with van der Waals surface area (Å²) in [5.74, 6) is -0.460. The number of benzene rings is 1. The smallest absolute Gasteiger partial charge is 0.225 e. The predicted octanol–water partition coefficient (Wildman–Crippen LogP) is 3.51. The van der Waals surface area contributed by atoms with Crippen LogP contribution in [0, 0.1) is 12.7 Å². The van der Waals surface area contributed by atoms with Gasteiger partial charge in [0, 0.05) is 34.9 Å². The van der Waals surface area contributed by atoms with Crippen LogP contribution in [0.4, 0.5) is 4.39 Å². The lowest BCUT2D eigenvalue weighted by molar-refractivity contribution is -0.120. The third kappa shape index (κ3) is 3.83. The Hall–Kier alpha value is -2.60. The molecule has 1 N–H and O–H groups in total. The van der Waals surface area contributed by atoms with Crippen LogP contribution in [0.15, 0.2) is 48.8 Å². The van der Waals surface area contributed by atoms with Crippen molar-refractivity contribution in [1.29, 1.82) is 0 Å². The Labute approximate surface area is 143 Å². The van der Waals surface area contributed by atoms with Gasteiger partial charge in [-0.1, -0.05) is 18.2 Å². The van der Waals surface area contributed by atoms with E-state index in [9.17, 15) is 9.18 Å². The van der Waals surface area contributed by atoms with E-state index in [1.165, 1.54) is 17.4 Å². The normalized spacial score (nSPS) is 10.6. The van der Waals surface area contributed by atoms with Gasteiger partial charge in [0.05, 0.1) is 12.1 Å². The number of carbonyl (C=O) groups excluding carboxylic acids is 1. The fourth-order valence-electron chi connectivity index (χ4n) is 2.25. The number of rotatable bonds is 5. The van der Waals surface area contributed by atoms with Gasteiger partial charge in [-0.05, 0) is 25.1 Å². The molecule has 24 heavy (non-hydrogen) atoms. The molecule has 0 aliphatic rings. The third-order valence-electron chi connectivity index (χ3n) is 3.57. The summed E-state index contributed by atoms with van der Waals surface area (Å²) in [5.41, 5.74) is 2.30. The Bertz CT molecular complexity index is 848. The van der Waals surface area contributed by atoms with Crippen LogP contribution < -0.4 is 5.32 Å². The minimum atomic E-state index is -0.313. The van der Waals surface area contributed by atoms with Gasteiger partial charge in [-0.3, -0.25) is 9.78 Å². The van der Waals surface area contributed by atoms with Crippen LogP contribution in [0.2, 0.25) is 0 Å². The molecule has 2 heterocycles. The molecule has 0 fully saturated rings. The Kier molecular flexibility index (Phi) is 4.96. The van der Waals surface area contributed by atoms with E-state index in [2.05, 4.69) is 15.3 Å². The van der Waals surface area contributed by atoms with E-state index in [-0.39, 0.29) is 24.7 Å². The van der Waals surface area contributed by atoms with Gasteiger partial charge < -0.3 is 5.32 Å². The molecule has 3 aromatic rings. The maximum absolute atomic E-state index is 13.6. The number of aromatic nitrogens is 2. The van der Waals surface area contributed by atoms with Crippen LogP contribution in [0.3, 0.4) is 0 Å². The molecule has 0 aliphatic carbocycles. The Morgan fingerprint density at radius 3 is 2.71 bits per heavy atom. The number of hydrogen-bond donors (Lipinski definition) is 1. The molecule has 0 saturated carbocycles. The Morgan fingerprint density at radius 1 is 1.21 bits per heavy atom. The fourth-order valence-corrected chi connectivity index (χ4v) is 3.32. The zero-order chi connectivity index (χ0) is 16.9. The molecule has 6 heteroatoms.